The molecule has 10 nitrogen and oxygen atoms in total. The van der Waals surface area contributed by atoms with Crippen molar-refractivity contribution in [2.75, 3.05) is 33.9 Å². The predicted molar refractivity (Wildman–Crippen MR) is 111 cm³/mol. The highest BCUT2D eigenvalue weighted by molar-refractivity contribution is 5.73. The van der Waals surface area contributed by atoms with Crippen LogP contribution in [-0.4, -0.2) is 75.7 Å². The molecule has 1 atom stereocenters. The molecule has 2 fully saturated rings. The largest absolute Gasteiger partial charge is 0.481 e. The molecule has 2 aliphatic rings. The van der Waals surface area contributed by atoms with E-state index in [0.29, 0.717) is 37.3 Å². The number of methoxy groups -OCH3 is 2. The van der Waals surface area contributed by atoms with Crippen molar-refractivity contribution in [3.8, 4) is 11.8 Å². The van der Waals surface area contributed by atoms with E-state index < -0.39 is 5.79 Å². The lowest BCUT2D eigenvalue weighted by molar-refractivity contribution is -0.196. The second kappa shape index (κ2) is 8.37. The van der Waals surface area contributed by atoms with E-state index in [0.717, 1.165) is 37.0 Å². The van der Waals surface area contributed by atoms with Crippen molar-refractivity contribution < 1.29 is 18.9 Å². The van der Waals surface area contributed by atoms with E-state index in [2.05, 4.69) is 25.2 Å². The fourth-order valence-electron chi connectivity index (χ4n) is 4.20. The van der Waals surface area contributed by atoms with Crippen LogP contribution in [-0.2, 0) is 22.6 Å². The molecule has 0 bridgehead atoms. The summed E-state index contributed by atoms with van der Waals surface area (Å²) in [5.74, 6) is 1.16. The third-order valence-electron chi connectivity index (χ3n) is 5.84. The monoisotopic (exact) mass is 426 g/mol. The quantitative estimate of drug-likeness (QED) is 0.583. The zero-order valence-electron chi connectivity index (χ0n) is 17.7. The average Bonchev–Trinajstić information content (AvgIpc) is 3.40. The average molecular weight is 426 g/mol. The third-order valence-corrected chi connectivity index (χ3v) is 5.84. The summed E-state index contributed by atoms with van der Waals surface area (Å²) in [6.45, 7) is 3.48. The van der Waals surface area contributed by atoms with Gasteiger partial charge in [0.2, 0.25) is 11.8 Å². The summed E-state index contributed by atoms with van der Waals surface area (Å²) < 4.78 is 24.9. The lowest BCUT2D eigenvalue weighted by Crippen LogP contribution is -2.45. The molecule has 2 saturated heterocycles. The molecule has 1 spiro atoms. The van der Waals surface area contributed by atoms with E-state index in [9.17, 15) is 0 Å². The third kappa shape index (κ3) is 4.18. The number of para-hydroxylation sites is 1. The number of rotatable bonds is 6. The first kappa shape index (κ1) is 20.1. The molecule has 3 aromatic rings. The van der Waals surface area contributed by atoms with Gasteiger partial charge in [-0.2, -0.15) is 9.97 Å². The van der Waals surface area contributed by atoms with Crippen LogP contribution in [0, 0.1) is 0 Å². The van der Waals surface area contributed by atoms with Gasteiger partial charge in [0.1, 0.15) is 17.4 Å². The molecule has 2 aliphatic heterocycles. The van der Waals surface area contributed by atoms with Crippen LogP contribution < -0.4 is 9.47 Å². The van der Waals surface area contributed by atoms with Gasteiger partial charge in [0, 0.05) is 25.9 Å². The van der Waals surface area contributed by atoms with Gasteiger partial charge in [-0.05, 0) is 12.1 Å². The number of piperidine rings is 1. The van der Waals surface area contributed by atoms with Crippen LogP contribution in [0.5, 0.6) is 11.8 Å². The van der Waals surface area contributed by atoms with E-state index >= 15 is 0 Å². The number of hydrogen-bond acceptors (Lipinski definition) is 9. The van der Waals surface area contributed by atoms with Gasteiger partial charge >= 0.3 is 0 Å². The molecule has 1 unspecified atom stereocenters. The molecule has 31 heavy (non-hydrogen) atoms. The number of likely N-dealkylation sites (tertiary alicyclic amines) is 1. The first-order valence-corrected chi connectivity index (χ1v) is 10.4. The minimum atomic E-state index is -0.523. The van der Waals surface area contributed by atoms with Crippen molar-refractivity contribution in [2.24, 2.45) is 0 Å². The number of ether oxygens (including phenoxy) is 4. The normalized spacial score (nSPS) is 21.0. The molecule has 0 saturated carbocycles. The van der Waals surface area contributed by atoms with Crippen molar-refractivity contribution in [3.63, 3.8) is 0 Å². The lowest BCUT2D eigenvalue weighted by Gasteiger charge is -2.37. The fourth-order valence-corrected chi connectivity index (χ4v) is 4.20. The molecule has 0 N–H and O–H groups in total. The minimum absolute atomic E-state index is 0.0392. The van der Waals surface area contributed by atoms with Crippen LogP contribution >= 0.6 is 0 Å². The minimum Gasteiger partial charge on any atom is -0.481 e. The molecule has 0 amide bonds. The number of fused-ring (bicyclic) bond motifs is 1. The Morgan fingerprint density at radius 1 is 1.10 bits per heavy atom. The molecular weight excluding hydrogens is 400 g/mol. The fraction of sp³-hybridized carbons (Fsp3) is 0.524. The van der Waals surface area contributed by atoms with Gasteiger partial charge in [-0.3, -0.25) is 4.90 Å². The van der Waals surface area contributed by atoms with Crippen molar-refractivity contribution in [1.29, 1.82) is 0 Å². The first-order chi connectivity index (χ1) is 15.2. The Morgan fingerprint density at radius 2 is 1.84 bits per heavy atom. The van der Waals surface area contributed by atoms with Crippen molar-refractivity contribution in [1.82, 2.24) is 29.9 Å². The Kier molecular flexibility index (Phi) is 5.43. The van der Waals surface area contributed by atoms with Gasteiger partial charge in [0.05, 0.1) is 45.5 Å². The summed E-state index contributed by atoms with van der Waals surface area (Å²) in [7, 11) is 3.17. The Balaban J connectivity index is 1.18. The molecule has 4 heterocycles. The maximum absolute atomic E-state index is 6.37. The summed E-state index contributed by atoms with van der Waals surface area (Å²) in [5.41, 5.74) is 1.90. The highest BCUT2D eigenvalue weighted by Crippen LogP contribution is 2.35. The molecule has 164 valence electrons. The second-order valence-corrected chi connectivity index (χ2v) is 7.87. The van der Waals surface area contributed by atoms with E-state index in [1.54, 1.807) is 20.3 Å². The maximum Gasteiger partial charge on any atom is 0.220 e. The van der Waals surface area contributed by atoms with E-state index in [1.165, 1.54) is 0 Å². The molecule has 5 rings (SSSR count). The van der Waals surface area contributed by atoms with Gasteiger partial charge in [0.25, 0.3) is 0 Å². The Bertz CT molecular complexity index is 1030. The summed E-state index contributed by atoms with van der Waals surface area (Å²) in [5, 5.41) is 8.49. The van der Waals surface area contributed by atoms with Gasteiger partial charge in [0.15, 0.2) is 5.79 Å². The number of benzene rings is 1. The summed E-state index contributed by atoms with van der Waals surface area (Å²) >= 11 is 0. The maximum atomic E-state index is 6.37. The molecule has 2 aromatic heterocycles. The lowest BCUT2D eigenvalue weighted by atomic mass is 10.0. The predicted octanol–water partition coefficient (Wildman–Crippen LogP) is 1.65. The zero-order chi connectivity index (χ0) is 21.3. The highest BCUT2D eigenvalue weighted by Gasteiger charge is 2.44. The Labute approximate surface area is 180 Å². The van der Waals surface area contributed by atoms with Crippen LogP contribution in [0.25, 0.3) is 11.0 Å². The number of aromatic nitrogens is 5. The zero-order valence-corrected chi connectivity index (χ0v) is 17.7. The van der Waals surface area contributed by atoms with Crippen molar-refractivity contribution in [3.05, 3.63) is 36.2 Å². The smallest absolute Gasteiger partial charge is 0.220 e. The standard InChI is InChI=1S/C21H26N6O4/c1-28-19-11-20(29-2)23-18(22-19)13-26-9-7-21(8-10-26)30-14-15(31-21)12-27-17-6-4-3-5-16(17)24-25-27/h3-6,11,15H,7-10,12-14H2,1-2H3. The summed E-state index contributed by atoms with van der Waals surface area (Å²) in [6.07, 6.45) is 1.55. The Hall–Kier alpha value is -2.82. The SMILES string of the molecule is COc1cc(OC)nc(CN2CCC3(CC2)OCC(Cn2nnc4ccccc42)O3)n1. The van der Waals surface area contributed by atoms with Crippen LogP contribution in [0.3, 0.4) is 0 Å². The molecule has 1 aromatic carbocycles. The van der Waals surface area contributed by atoms with Crippen LogP contribution in [0.1, 0.15) is 18.7 Å². The van der Waals surface area contributed by atoms with Crippen LogP contribution in [0.2, 0.25) is 0 Å². The van der Waals surface area contributed by atoms with E-state index in [1.807, 2.05) is 28.9 Å². The molecular formula is C21H26N6O4. The van der Waals surface area contributed by atoms with Crippen LogP contribution in [0.15, 0.2) is 30.3 Å². The summed E-state index contributed by atoms with van der Waals surface area (Å²) in [4.78, 5) is 11.2. The van der Waals surface area contributed by atoms with Crippen LogP contribution in [0.4, 0.5) is 0 Å². The first-order valence-electron chi connectivity index (χ1n) is 10.4. The van der Waals surface area contributed by atoms with Gasteiger partial charge in [-0.15, -0.1) is 5.10 Å². The Morgan fingerprint density at radius 3 is 2.58 bits per heavy atom. The van der Waals surface area contributed by atoms with Crippen molar-refractivity contribution in [2.45, 2.75) is 37.8 Å². The van der Waals surface area contributed by atoms with Gasteiger partial charge in [-0.25, -0.2) is 4.68 Å². The number of nitrogens with zero attached hydrogens (tertiary/aromatic N) is 6. The topological polar surface area (TPSA) is 96.7 Å². The van der Waals surface area contributed by atoms with E-state index in [-0.39, 0.29) is 6.10 Å². The highest BCUT2D eigenvalue weighted by atomic mass is 16.7. The second-order valence-electron chi connectivity index (χ2n) is 7.87. The number of hydrogen-bond donors (Lipinski definition) is 0. The molecule has 0 radical (unpaired) electrons. The van der Waals surface area contributed by atoms with Gasteiger partial charge in [-0.1, -0.05) is 17.3 Å². The summed E-state index contributed by atoms with van der Waals surface area (Å²) in [6, 6.07) is 9.62. The van der Waals surface area contributed by atoms with Gasteiger partial charge < -0.3 is 18.9 Å². The van der Waals surface area contributed by atoms with E-state index in [4.69, 9.17) is 18.9 Å². The molecule has 0 aliphatic carbocycles. The molecule has 10 heteroatoms. The van der Waals surface area contributed by atoms with Crippen molar-refractivity contribution >= 4 is 11.0 Å².